The van der Waals surface area contributed by atoms with Crippen LogP contribution in [0.25, 0.3) is 0 Å². The molecule has 1 aromatic rings. The van der Waals surface area contributed by atoms with Crippen molar-refractivity contribution in [3.63, 3.8) is 0 Å². The molecule has 0 bridgehead atoms. The van der Waals surface area contributed by atoms with Gasteiger partial charge in [0.1, 0.15) is 11.6 Å². The zero-order valence-electron chi connectivity index (χ0n) is 11.7. The fourth-order valence-corrected chi connectivity index (χ4v) is 1.29. The summed E-state index contributed by atoms with van der Waals surface area (Å²) < 4.78 is 5.66. The van der Waals surface area contributed by atoms with E-state index in [1.54, 1.807) is 6.08 Å². The largest absolute Gasteiger partial charge is 0.477 e. The Morgan fingerprint density at radius 3 is 2.61 bits per heavy atom. The smallest absolute Gasteiger partial charge is 0.218 e. The number of anilines is 1. The monoisotopic (exact) mass is 249 g/mol. The van der Waals surface area contributed by atoms with Crippen molar-refractivity contribution in [2.24, 2.45) is 5.92 Å². The second-order valence-corrected chi connectivity index (χ2v) is 4.98. The maximum atomic E-state index is 5.66. The van der Waals surface area contributed by atoms with Gasteiger partial charge < -0.3 is 10.1 Å². The molecule has 4 heteroatoms. The van der Waals surface area contributed by atoms with Gasteiger partial charge >= 0.3 is 0 Å². The van der Waals surface area contributed by atoms with Crippen LogP contribution in [0, 0.1) is 5.92 Å². The maximum Gasteiger partial charge on any atom is 0.218 e. The van der Waals surface area contributed by atoms with E-state index >= 15 is 0 Å². The van der Waals surface area contributed by atoms with Gasteiger partial charge in [-0.15, -0.1) is 6.58 Å². The van der Waals surface area contributed by atoms with Crippen LogP contribution in [-0.2, 0) is 0 Å². The first-order valence-electron chi connectivity index (χ1n) is 6.39. The Hall–Kier alpha value is -1.58. The van der Waals surface area contributed by atoms with Gasteiger partial charge in [0.05, 0.1) is 6.61 Å². The van der Waals surface area contributed by atoms with Gasteiger partial charge in [-0.1, -0.05) is 33.8 Å². The van der Waals surface area contributed by atoms with E-state index in [0.29, 0.717) is 24.9 Å². The molecular weight excluding hydrogens is 226 g/mol. The molecule has 0 fully saturated rings. The number of nitrogens with zero attached hydrogens (tertiary/aromatic N) is 2. The predicted molar refractivity (Wildman–Crippen MR) is 75.1 cm³/mol. The van der Waals surface area contributed by atoms with E-state index < -0.39 is 0 Å². The first kappa shape index (κ1) is 14.5. The minimum Gasteiger partial charge on any atom is -0.477 e. The Morgan fingerprint density at radius 2 is 2.06 bits per heavy atom. The van der Waals surface area contributed by atoms with Crippen LogP contribution in [0.4, 0.5) is 5.82 Å². The topological polar surface area (TPSA) is 47.0 Å². The van der Waals surface area contributed by atoms with Crippen molar-refractivity contribution in [1.82, 2.24) is 9.97 Å². The second kappa shape index (κ2) is 6.99. The maximum absolute atomic E-state index is 5.66. The SMILES string of the molecule is C=CCNc1cc(OCC(C)C)nc(C(C)C)n1. The van der Waals surface area contributed by atoms with Crippen molar-refractivity contribution in [2.45, 2.75) is 33.6 Å². The molecule has 4 nitrogen and oxygen atoms in total. The van der Waals surface area contributed by atoms with Gasteiger partial charge in [-0.25, -0.2) is 4.98 Å². The van der Waals surface area contributed by atoms with Crippen LogP contribution in [-0.4, -0.2) is 23.1 Å². The molecule has 1 rings (SSSR count). The Balaban J connectivity index is 2.87. The van der Waals surface area contributed by atoms with E-state index in [2.05, 4.69) is 49.6 Å². The molecule has 0 atom stereocenters. The van der Waals surface area contributed by atoms with E-state index in [4.69, 9.17) is 4.74 Å². The highest BCUT2D eigenvalue weighted by molar-refractivity contribution is 5.39. The van der Waals surface area contributed by atoms with Crippen LogP contribution >= 0.6 is 0 Å². The molecule has 0 saturated carbocycles. The molecule has 0 amide bonds. The highest BCUT2D eigenvalue weighted by Crippen LogP contribution is 2.18. The summed E-state index contributed by atoms with van der Waals surface area (Å²) in [5, 5.41) is 3.17. The summed E-state index contributed by atoms with van der Waals surface area (Å²) in [6.45, 7) is 13.4. The molecule has 0 radical (unpaired) electrons. The van der Waals surface area contributed by atoms with Crippen molar-refractivity contribution >= 4 is 5.82 Å². The number of hydrogen-bond donors (Lipinski definition) is 1. The van der Waals surface area contributed by atoms with Crippen LogP contribution < -0.4 is 10.1 Å². The average Bonchev–Trinajstić information content (AvgIpc) is 2.33. The lowest BCUT2D eigenvalue weighted by atomic mass is 10.2. The van der Waals surface area contributed by atoms with Gasteiger partial charge in [-0.2, -0.15) is 4.98 Å². The fraction of sp³-hybridized carbons (Fsp3) is 0.571. The van der Waals surface area contributed by atoms with Gasteiger partial charge in [0, 0.05) is 18.5 Å². The van der Waals surface area contributed by atoms with Crippen LogP contribution in [0.2, 0.25) is 0 Å². The Bertz CT molecular complexity index is 389. The summed E-state index contributed by atoms with van der Waals surface area (Å²) in [6.07, 6.45) is 1.80. The third kappa shape index (κ3) is 4.73. The lowest BCUT2D eigenvalue weighted by Crippen LogP contribution is -2.10. The Morgan fingerprint density at radius 1 is 1.33 bits per heavy atom. The van der Waals surface area contributed by atoms with E-state index in [1.165, 1.54) is 0 Å². The Kier molecular flexibility index (Phi) is 5.62. The minimum atomic E-state index is 0.275. The summed E-state index contributed by atoms with van der Waals surface area (Å²) in [5.74, 6) is 2.97. The van der Waals surface area contributed by atoms with Crippen LogP contribution in [0.3, 0.4) is 0 Å². The van der Waals surface area contributed by atoms with Gasteiger partial charge in [0.25, 0.3) is 0 Å². The van der Waals surface area contributed by atoms with Crippen molar-refractivity contribution in [3.8, 4) is 5.88 Å². The highest BCUT2D eigenvalue weighted by Gasteiger charge is 2.09. The molecule has 0 unspecified atom stereocenters. The second-order valence-electron chi connectivity index (χ2n) is 4.98. The molecule has 0 saturated heterocycles. The van der Waals surface area contributed by atoms with E-state index in [1.807, 2.05) is 6.07 Å². The quantitative estimate of drug-likeness (QED) is 0.754. The summed E-state index contributed by atoms with van der Waals surface area (Å²) >= 11 is 0. The molecule has 1 N–H and O–H groups in total. The normalized spacial score (nSPS) is 10.8. The first-order valence-corrected chi connectivity index (χ1v) is 6.39. The number of hydrogen-bond acceptors (Lipinski definition) is 4. The van der Waals surface area contributed by atoms with Crippen molar-refractivity contribution in [3.05, 3.63) is 24.5 Å². The fourth-order valence-electron chi connectivity index (χ4n) is 1.29. The highest BCUT2D eigenvalue weighted by atomic mass is 16.5. The van der Waals surface area contributed by atoms with Crippen molar-refractivity contribution in [1.29, 1.82) is 0 Å². The molecule has 18 heavy (non-hydrogen) atoms. The van der Waals surface area contributed by atoms with Crippen LogP contribution in [0.5, 0.6) is 5.88 Å². The number of aromatic nitrogens is 2. The zero-order valence-corrected chi connectivity index (χ0v) is 11.7. The standard InChI is InChI=1S/C14H23N3O/c1-6-7-15-12-8-13(18-9-10(2)3)17-14(16-12)11(4)5/h6,8,10-11H,1,7,9H2,2-5H3,(H,15,16,17). The zero-order chi connectivity index (χ0) is 13.5. The van der Waals surface area contributed by atoms with Crippen molar-refractivity contribution < 1.29 is 4.74 Å². The van der Waals surface area contributed by atoms with E-state index in [9.17, 15) is 0 Å². The summed E-state index contributed by atoms with van der Waals surface area (Å²) in [4.78, 5) is 8.86. The van der Waals surface area contributed by atoms with Crippen molar-refractivity contribution in [2.75, 3.05) is 18.5 Å². The number of nitrogens with one attached hydrogen (secondary N) is 1. The van der Waals surface area contributed by atoms with Gasteiger partial charge in [0.2, 0.25) is 5.88 Å². The minimum absolute atomic E-state index is 0.275. The lowest BCUT2D eigenvalue weighted by molar-refractivity contribution is 0.260. The van der Waals surface area contributed by atoms with Gasteiger partial charge in [0.15, 0.2) is 0 Å². The Labute approximate surface area is 109 Å². The third-order valence-electron chi connectivity index (χ3n) is 2.23. The summed E-state index contributed by atoms with van der Waals surface area (Å²) in [5.41, 5.74) is 0. The third-order valence-corrected chi connectivity index (χ3v) is 2.23. The molecule has 0 spiro atoms. The first-order chi connectivity index (χ1) is 8.52. The molecule has 1 heterocycles. The molecule has 100 valence electrons. The summed E-state index contributed by atoms with van der Waals surface area (Å²) in [6, 6.07) is 1.83. The molecule has 0 aliphatic heterocycles. The van der Waals surface area contributed by atoms with Gasteiger partial charge in [-0.05, 0) is 5.92 Å². The predicted octanol–water partition coefficient (Wildman–Crippen LogP) is 3.23. The van der Waals surface area contributed by atoms with Gasteiger partial charge in [-0.3, -0.25) is 0 Å². The molecular formula is C14H23N3O. The number of rotatable bonds is 7. The average molecular weight is 249 g/mol. The van der Waals surface area contributed by atoms with E-state index in [-0.39, 0.29) is 5.92 Å². The molecule has 1 aromatic heterocycles. The molecule has 0 aliphatic rings. The molecule has 0 aliphatic carbocycles. The van der Waals surface area contributed by atoms with Crippen LogP contribution in [0.15, 0.2) is 18.7 Å². The molecule has 0 aromatic carbocycles. The van der Waals surface area contributed by atoms with E-state index in [0.717, 1.165) is 11.6 Å². The summed E-state index contributed by atoms with van der Waals surface area (Å²) in [7, 11) is 0. The lowest BCUT2D eigenvalue weighted by Gasteiger charge is -2.12. The number of ether oxygens (including phenoxy) is 1. The van der Waals surface area contributed by atoms with Crippen LogP contribution in [0.1, 0.15) is 39.4 Å².